The van der Waals surface area contributed by atoms with E-state index in [2.05, 4.69) is 4.98 Å². The predicted molar refractivity (Wildman–Crippen MR) is 39.0 cm³/mol. The minimum Gasteiger partial charge on any atom is -0.384 e. The van der Waals surface area contributed by atoms with E-state index in [9.17, 15) is 13.6 Å². The van der Waals surface area contributed by atoms with Crippen LogP contribution >= 0.6 is 0 Å². The molecule has 2 N–H and O–H groups in total. The highest BCUT2D eigenvalue weighted by atomic mass is 19.3. The lowest BCUT2D eigenvalue weighted by Gasteiger charge is -2.00. The Bertz CT molecular complexity index is 301. The smallest absolute Gasteiger partial charge is 0.264 e. The van der Waals surface area contributed by atoms with Gasteiger partial charge in [0.25, 0.3) is 6.43 Å². The zero-order chi connectivity index (χ0) is 9.14. The fourth-order valence-electron chi connectivity index (χ4n) is 0.783. The summed E-state index contributed by atoms with van der Waals surface area (Å²) in [5.74, 6) is -0.0742. The van der Waals surface area contributed by atoms with Crippen LogP contribution in [-0.2, 0) is 0 Å². The first-order valence-electron chi connectivity index (χ1n) is 3.14. The maximum atomic E-state index is 12.1. The number of pyridine rings is 1. The van der Waals surface area contributed by atoms with Crippen molar-refractivity contribution in [2.45, 2.75) is 6.43 Å². The van der Waals surface area contributed by atoms with Gasteiger partial charge in [0.15, 0.2) is 6.29 Å². The van der Waals surface area contributed by atoms with Crippen molar-refractivity contribution >= 4 is 12.1 Å². The summed E-state index contributed by atoms with van der Waals surface area (Å²) in [4.78, 5) is 13.7. The van der Waals surface area contributed by atoms with Crippen LogP contribution in [0.2, 0.25) is 0 Å². The third-order valence-corrected chi connectivity index (χ3v) is 1.26. The molecule has 0 saturated heterocycles. The van der Waals surface area contributed by atoms with E-state index in [-0.39, 0.29) is 17.1 Å². The van der Waals surface area contributed by atoms with Crippen molar-refractivity contribution in [3.8, 4) is 0 Å². The maximum Gasteiger partial charge on any atom is 0.264 e. The highest BCUT2D eigenvalue weighted by Gasteiger charge is 2.09. The quantitative estimate of drug-likeness (QED) is 0.686. The lowest BCUT2D eigenvalue weighted by atomic mass is 10.2. The van der Waals surface area contributed by atoms with Crippen molar-refractivity contribution in [2.75, 3.05) is 5.73 Å². The molecule has 1 aromatic rings. The zero-order valence-electron chi connectivity index (χ0n) is 6.00. The van der Waals surface area contributed by atoms with Gasteiger partial charge in [-0.25, -0.2) is 13.8 Å². The molecule has 0 aliphatic rings. The number of alkyl halides is 2. The Labute approximate surface area is 67.2 Å². The summed E-state index contributed by atoms with van der Waals surface area (Å²) >= 11 is 0. The van der Waals surface area contributed by atoms with E-state index in [0.29, 0.717) is 6.29 Å². The van der Waals surface area contributed by atoms with E-state index < -0.39 is 6.43 Å². The summed E-state index contributed by atoms with van der Waals surface area (Å²) in [7, 11) is 0. The third-order valence-electron chi connectivity index (χ3n) is 1.26. The summed E-state index contributed by atoms with van der Waals surface area (Å²) in [6.07, 6.45) is -2.25. The van der Waals surface area contributed by atoms with Crippen LogP contribution in [0.15, 0.2) is 12.1 Å². The van der Waals surface area contributed by atoms with Gasteiger partial charge in [0.1, 0.15) is 11.5 Å². The van der Waals surface area contributed by atoms with Crippen LogP contribution in [0.3, 0.4) is 0 Å². The van der Waals surface area contributed by atoms with Crippen molar-refractivity contribution in [1.82, 2.24) is 4.98 Å². The second kappa shape index (κ2) is 3.25. The standard InChI is InChI=1S/C7H6F2N2O/c8-7(9)4-1-5(3-12)11-6(10)2-4/h1-3,7H,(H2,10,11). The predicted octanol–water partition coefficient (Wildman–Crippen LogP) is 1.41. The molecule has 0 atom stereocenters. The van der Waals surface area contributed by atoms with Gasteiger partial charge in [0, 0.05) is 5.56 Å². The third kappa shape index (κ3) is 1.75. The molecule has 0 amide bonds. The monoisotopic (exact) mass is 172 g/mol. The van der Waals surface area contributed by atoms with Gasteiger partial charge in [-0.05, 0) is 12.1 Å². The Balaban J connectivity index is 3.14. The van der Waals surface area contributed by atoms with Gasteiger partial charge in [-0.15, -0.1) is 0 Å². The Kier molecular flexibility index (Phi) is 2.32. The molecule has 64 valence electrons. The Morgan fingerprint density at radius 3 is 2.67 bits per heavy atom. The van der Waals surface area contributed by atoms with E-state index in [1.54, 1.807) is 0 Å². The summed E-state index contributed by atoms with van der Waals surface area (Å²) in [6.45, 7) is 0. The number of rotatable bonds is 2. The summed E-state index contributed by atoms with van der Waals surface area (Å²) in [5.41, 5.74) is 4.80. The lowest BCUT2D eigenvalue weighted by molar-refractivity contribution is 0.111. The Morgan fingerprint density at radius 2 is 2.17 bits per heavy atom. The molecule has 12 heavy (non-hydrogen) atoms. The first kappa shape index (κ1) is 8.58. The molecule has 0 saturated carbocycles. The maximum absolute atomic E-state index is 12.1. The molecule has 0 fully saturated rings. The van der Waals surface area contributed by atoms with Gasteiger partial charge < -0.3 is 5.73 Å². The number of nitrogen functional groups attached to an aromatic ring is 1. The number of aromatic nitrogens is 1. The van der Waals surface area contributed by atoms with Crippen molar-refractivity contribution in [3.63, 3.8) is 0 Å². The van der Waals surface area contributed by atoms with Crippen LogP contribution in [0.4, 0.5) is 14.6 Å². The van der Waals surface area contributed by atoms with Crippen molar-refractivity contribution in [3.05, 3.63) is 23.4 Å². The molecule has 5 heteroatoms. The minimum absolute atomic E-state index is 0.0742. The number of hydrogen-bond donors (Lipinski definition) is 1. The molecule has 0 unspecified atom stereocenters. The van der Waals surface area contributed by atoms with Crippen LogP contribution in [0, 0.1) is 0 Å². The number of nitrogens with two attached hydrogens (primary N) is 1. The van der Waals surface area contributed by atoms with Gasteiger partial charge in [-0.1, -0.05) is 0 Å². The first-order chi connectivity index (χ1) is 5.63. The average molecular weight is 172 g/mol. The molecule has 1 aromatic heterocycles. The summed E-state index contributed by atoms with van der Waals surface area (Å²) in [6, 6.07) is 2.05. The first-order valence-corrected chi connectivity index (χ1v) is 3.14. The van der Waals surface area contributed by atoms with Gasteiger partial charge in [0.05, 0.1) is 0 Å². The number of aldehydes is 1. The molecular formula is C7H6F2N2O. The molecule has 1 rings (SSSR count). The highest BCUT2D eigenvalue weighted by molar-refractivity contribution is 5.73. The van der Waals surface area contributed by atoms with E-state index in [1.165, 1.54) is 0 Å². The summed E-state index contributed by atoms with van der Waals surface area (Å²) < 4.78 is 24.1. The van der Waals surface area contributed by atoms with Crippen LogP contribution in [0.1, 0.15) is 22.5 Å². The summed E-state index contributed by atoms with van der Waals surface area (Å²) in [5, 5.41) is 0. The molecule has 0 aromatic carbocycles. The fourth-order valence-corrected chi connectivity index (χ4v) is 0.783. The van der Waals surface area contributed by atoms with E-state index in [0.717, 1.165) is 12.1 Å². The van der Waals surface area contributed by atoms with Gasteiger partial charge in [0.2, 0.25) is 0 Å². The molecule has 3 nitrogen and oxygen atoms in total. The fraction of sp³-hybridized carbons (Fsp3) is 0.143. The Hall–Kier alpha value is -1.52. The molecule has 0 bridgehead atoms. The number of carbonyl (C=O) groups excluding carboxylic acids is 1. The second-order valence-corrected chi connectivity index (χ2v) is 2.17. The SMILES string of the molecule is Nc1cc(C(F)F)cc(C=O)n1. The number of carbonyl (C=O) groups is 1. The van der Waals surface area contributed by atoms with Crippen molar-refractivity contribution < 1.29 is 13.6 Å². The van der Waals surface area contributed by atoms with Crippen molar-refractivity contribution in [2.24, 2.45) is 0 Å². The van der Waals surface area contributed by atoms with Crippen LogP contribution < -0.4 is 5.73 Å². The van der Waals surface area contributed by atoms with E-state index >= 15 is 0 Å². The van der Waals surface area contributed by atoms with Gasteiger partial charge in [-0.3, -0.25) is 4.79 Å². The number of hydrogen-bond acceptors (Lipinski definition) is 3. The normalized spacial score (nSPS) is 10.2. The number of halogens is 2. The van der Waals surface area contributed by atoms with E-state index in [4.69, 9.17) is 5.73 Å². The molecule has 0 spiro atoms. The minimum atomic E-state index is -2.63. The Morgan fingerprint density at radius 1 is 1.50 bits per heavy atom. The molecule has 0 radical (unpaired) electrons. The lowest BCUT2D eigenvalue weighted by Crippen LogP contribution is -1.97. The largest absolute Gasteiger partial charge is 0.384 e. The number of nitrogens with zero attached hydrogens (tertiary/aromatic N) is 1. The molecule has 1 heterocycles. The number of anilines is 1. The van der Waals surface area contributed by atoms with Gasteiger partial charge >= 0.3 is 0 Å². The van der Waals surface area contributed by atoms with Crippen LogP contribution in [0.5, 0.6) is 0 Å². The van der Waals surface area contributed by atoms with E-state index in [1.807, 2.05) is 0 Å². The second-order valence-electron chi connectivity index (χ2n) is 2.17. The van der Waals surface area contributed by atoms with Gasteiger partial charge in [-0.2, -0.15) is 0 Å². The topological polar surface area (TPSA) is 56.0 Å². The van der Waals surface area contributed by atoms with Crippen molar-refractivity contribution in [1.29, 1.82) is 0 Å². The molecule has 0 aliphatic carbocycles. The van der Waals surface area contributed by atoms with Crippen LogP contribution in [0.25, 0.3) is 0 Å². The van der Waals surface area contributed by atoms with Crippen LogP contribution in [-0.4, -0.2) is 11.3 Å². The molecular weight excluding hydrogens is 166 g/mol. The average Bonchev–Trinajstić information content (AvgIpc) is 2.03. The molecule has 0 aliphatic heterocycles. The highest BCUT2D eigenvalue weighted by Crippen LogP contribution is 2.20. The zero-order valence-corrected chi connectivity index (χ0v) is 6.00.